The van der Waals surface area contributed by atoms with Crippen molar-refractivity contribution in [2.75, 3.05) is 44.7 Å². The first-order valence-corrected chi connectivity index (χ1v) is 10.1. The number of likely N-dealkylation sites (N-methyl/N-ethyl adjacent to an activating group) is 1. The molecule has 0 spiro atoms. The number of carbonyl (C=O) groups is 1. The molecule has 2 aliphatic heterocycles. The molecule has 28 heavy (non-hydrogen) atoms. The zero-order chi connectivity index (χ0) is 19.9. The monoisotopic (exact) mass is 382 g/mol. The average molecular weight is 383 g/mol. The number of oxazole rings is 1. The Morgan fingerprint density at radius 1 is 1.04 bits per heavy atom. The summed E-state index contributed by atoms with van der Waals surface area (Å²) in [6.45, 7) is 11.7. The van der Waals surface area contributed by atoms with Crippen molar-refractivity contribution in [1.82, 2.24) is 14.8 Å². The minimum atomic E-state index is -0.120. The molecule has 1 saturated heterocycles. The largest absolute Gasteiger partial charge is 0.445 e. The second kappa shape index (κ2) is 7.24. The molecule has 6 heteroatoms. The van der Waals surface area contributed by atoms with E-state index in [1.807, 2.05) is 17.0 Å². The van der Waals surface area contributed by atoms with Crippen molar-refractivity contribution in [3.63, 3.8) is 0 Å². The lowest BCUT2D eigenvalue weighted by Gasteiger charge is -2.34. The quantitative estimate of drug-likeness (QED) is 0.799. The van der Waals surface area contributed by atoms with Crippen LogP contribution >= 0.6 is 0 Å². The summed E-state index contributed by atoms with van der Waals surface area (Å²) >= 11 is 0. The predicted octanol–water partition coefficient (Wildman–Crippen LogP) is 2.92. The third-order valence-corrected chi connectivity index (χ3v) is 5.64. The minimum Gasteiger partial charge on any atom is -0.445 e. The molecule has 150 valence electrons. The van der Waals surface area contributed by atoms with Crippen molar-refractivity contribution in [2.24, 2.45) is 0 Å². The Kier molecular flexibility index (Phi) is 4.91. The van der Waals surface area contributed by atoms with E-state index in [1.54, 1.807) is 0 Å². The van der Waals surface area contributed by atoms with Crippen LogP contribution in [0.1, 0.15) is 48.5 Å². The third kappa shape index (κ3) is 3.78. The van der Waals surface area contributed by atoms with Gasteiger partial charge in [0.2, 0.25) is 0 Å². The molecule has 4 rings (SSSR count). The van der Waals surface area contributed by atoms with Gasteiger partial charge in [0.05, 0.1) is 6.54 Å². The number of carbonyl (C=O) groups excluding carboxylic acids is 1. The Bertz CT molecular complexity index is 842. The highest BCUT2D eigenvalue weighted by Gasteiger charge is 2.29. The van der Waals surface area contributed by atoms with E-state index in [1.165, 1.54) is 5.69 Å². The number of hydrogen-bond donors (Lipinski definition) is 0. The zero-order valence-electron chi connectivity index (χ0n) is 17.4. The molecule has 2 aliphatic rings. The van der Waals surface area contributed by atoms with Crippen molar-refractivity contribution >= 4 is 11.6 Å². The predicted molar refractivity (Wildman–Crippen MR) is 110 cm³/mol. The van der Waals surface area contributed by atoms with E-state index in [2.05, 4.69) is 54.7 Å². The van der Waals surface area contributed by atoms with Crippen LogP contribution in [0.25, 0.3) is 0 Å². The van der Waals surface area contributed by atoms with Crippen LogP contribution in [0.2, 0.25) is 0 Å². The summed E-state index contributed by atoms with van der Waals surface area (Å²) in [6, 6.07) is 8.05. The summed E-state index contributed by atoms with van der Waals surface area (Å²) in [4.78, 5) is 24.2. The molecular formula is C22H30N4O2. The molecule has 1 fully saturated rings. The van der Waals surface area contributed by atoms with Gasteiger partial charge in [0.15, 0.2) is 5.89 Å². The third-order valence-electron chi connectivity index (χ3n) is 5.64. The number of anilines is 1. The highest BCUT2D eigenvalue weighted by Crippen LogP contribution is 2.28. The molecule has 0 aliphatic carbocycles. The van der Waals surface area contributed by atoms with Crippen LogP contribution in [-0.4, -0.2) is 60.5 Å². The van der Waals surface area contributed by atoms with E-state index in [9.17, 15) is 4.79 Å². The van der Waals surface area contributed by atoms with Gasteiger partial charge < -0.3 is 19.1 Å². The summed E-state index contributed by atoms with van der Waals surface area (Å²) in [6.07, 6.45) is 0.726. The molecule has 3 heterocycles. The van der Waals surface area contributed by atoms with Crippen LogP contribution in [0.3, 0.4) is 0 Å². The number of rotatable bonds is 2. The fourth-order valence-corrected chi connectivity index (χ4v) is 3.75. The molecule has 0 atom stereocenters. The standard InChI is InChI=1S/C22H30N4O2/c1-22(2,3)21-23-18-15-26(10-9-19(18)28-21)20(27)16-5-7-17(8-6-16)25-13-11-24(4)12-14-25/h5-8H,9-15H2,1-4H3. The van der Waals surface area contributed by atoms with Gasteiger partial charge >= 0.3 is 0 Å². The van der Waals surface area contributed by atoms with E-state index in [4.69, 9.17) is 4.42 Å². The molecule has 0 radical (unpaired) electrons. The lowest BCUT2D eigenvalue weighted by molar-refractivity contribution is 0.0728. The van der Waals surface area contributed by atoms with Crippen molar-refractivity contribution in [1.29, 1.82) is 0 Å². The fourth-order valence-electron chi connectivity index (χ4n) is 3.75. The number of nitrogens with zero attached hydrogens (tertiary/aromatic N) is 4. The summed E-state index contributed by atoms with van der Waals surface area (Å²) in [7, 11) is 2.16. The van der Waals surface area contributed by atoms with Crippen LogP contribution in [0.4, 0.5) is 5.69 Å². The van der Waals surface area contributed by atoms with Crippen molar-refractivity contribution in [3.8, 4) is 0 Å². The first kappa shape index (κ1) is 19.0. The first-order valence-electron chi connectivity index (χ1n) is 10.1. The maximum absolute atomic E-state index is 13.0. The Hall–Kier alpha value is -2.34. The number of hydrogen-bond acceptors (Lipinski definition) is 5. The SMILES string of the molecule is CN1CCN(c2ccc(C(=O)N3CCc4oc(C(C)(C)C)nc4C3)cc2)CC1. The minimum absolute atomic E-state index is 0.0656. The Balaban J connectivity index is 1.44. The molecule has 6 nitrogen and oxygen atoms in total. The first-order chi connectivity index (χ1) is 13.3. The second-order valence-corrected chi connectivity index (χ2v) is 8.95. The summed E-state index contributed by atoms with van der Waals surface area (Å²) in [5, 5.41) is 0. The number of aromatic nitrogens is 1. The maximum Gasteiger partial charge on any atom is 0.254 e. The number of benzene rings is 1. The van der Waals surface area contributed by atoms with Crippen molar-refractivity contribution in [2.45, 2.75) is 39.2 Å². The fraction of sp³-hybridized carbons (Fsp3) is 0.545. The molecule has 1 aromatic carbocycles. The zero-order valence-corrected chi connectivity index (χ0v) is 17.4. The normalized spacial score (nSPS) is 18.3. The second-order valence-electron chi connectivity index (χ2n) is 8.95. The average Bonchev–Trinajstić information content (AvgIpc) is 3.12. The molecule has 2 aromatic rings. The van der Waals surface area contributed by atoms with Crippen LogP contribution in [0.5, 0.6) is 0 Å². The van der Waals surface area contributed by atoms with Crippen LogP contribution < -0.4 is 4.90 Å². The molecule has 0 unspecified atom stereocenters. The van der Waals surface area contributed by atoms with Gasteiger partial charge in [-0.05, 0) is 31.3 Å². The molecule has 1 amide bonds. The molecule has 1 aromatic heterocycles. The maximum atomic E-state index is 13.0. The van der Waals surface area contributed by atoms with Gasteiger partial charge in [-0.25, -0.2) is 4.98 Å². The van der Waals surface area contributed by atoms with Crippen LogP contribution in [0.15, 0.2) is 28.7 Å². The van der Waals surface area contributed by atoms with E-state index >= 15 is 0 Å². The lowest BCUT2D eigenvalue weighted by atomic mass is 9.97. The Morgan fingerprint density at radius 2 is 1.71 bits per heavy atom. The Morgan fingerprint density at radius 3 is 2.36 bits per heavy atom. The smallest absolute Gasteiger partial charge is 0.254 e. The van der Waals surface area contributed by atoms with Gasteiger partial charge in [-0.1, -0.05) is 20.8 Å². The summed E-state index contributed by atoms with van der Waals surface area (Å²) in [5.41, 5.74) is 2.71. The topological polar surface area (TPSA) is 52.8 Å². The van der Waals surface area contributed by atoms with E-state index in [-0.39, 0.29) is 11.3 Å². The number of fused-ring (bicyclic) bond motifs is 1. The van der Waals surface area contributed by atoms with E-state index < -0.39 is 0 Å². The van der Waals surface area contributed by atoms with Gasteiger partial charge in [0, 0.05) is 55.8 Å². The van der Waals surface area contributed by atoms with Crippen LogP contribution in [0, 0.1) is 0 Å². The van der Waals surface area contributed by atoms with Crippen molar-refractivity contribution in [3.05, 3.63) is 47.2 Å². The van der Waals surface area contributed by atoms with Gasteiger partial charge in [0.25, 0.3) is 5.91 Å². The van der Waals surface area contributed by atoms with E-state index in [0.717, 1.165) is 55.5 Å². The van der Waals surface area contributed by atoms with Gasteiger partial charge in [-0.2, -0.15) is 0 Å². The van der Waals surface area contributed by atoms with Gasteiger partial charge in [0.1, 0.15) is 11.5 Å². The van der Waals surface area contributed by atoms with Gasteiger partial charge in [-0.15, -0.1) is 0 Å². The molecule has 0 saturated carbocycles. The van der Waals surface area contributed by atoms with Gasteiger partial charge in [-0.3, -0.25) is 4.79 Å². The van der Waals surface area contributed by atoms with Crippen molar-refractivity contribution < 1.29 is 9.21 Å². The summed E-state index contributed by atoms with van der Waals surface area (Å²) in [5.74, 6) is 1.75. The lowest BCUT2D eigenvalue weighted by Crippen LogP contribution is -2.44. The molecule has 0 bridgehead atoms. The molecule has 0 N–H and O–H groups in total. The number of amides is 1. The van der Waals surface area contributed by atoms with E-state index in [0.29, 0.717) is 13.1 Å². The highest BCUT2D eigenvalue weighted by molar-refractivity contribution is 5.94. The summed E-state index contributed by atoms with van der Waals surface area (Å²) < 4.78 is 5.94. The Labute approximate surface area is 167 Å². The van der Waals surface area contributed by atoms with Crippen LogP contribution in [-0.2, 0) is 18.4 Å². The highest BCUT2D eigenvalue weighted by atomic mass is 16.4. The number of piperazine rings is 1. The molecular weight excluding hydrogens is 352 g/mol.